The van der Waals surface area contributed by atoms with Crippen molar-refractivity contribution in [2.75, 3.05) is 7.11 Å². The Balaban J connectivity index is 2.20. The van der Waals surface area contributed by atoms with Gasteiger partial charge in [0.2, 0.25) is 0 Å². The van der Waals surface area contributed by atoms with Crippen LogP contribution in [0.15, 0.2) is 30.5 Å². The molecule has 1 aromatic carbocycles. The molecule has 1 aliphatic rings. The van der Waals surface area contributed by atoms with Crippen LogP contribution in [0.1, 0.15) is 55.3 Å². The van der Waals surface area contributed by atoms with Gasteiger partial charge >= 0.3 is 5.97 Å². The van der Waals surface area contributed by atoms with E-state index in [-0.39, 0.29) is 17.8 Å². The van der Waals surface area contributed by atoms with Crippen molar-refractivity contribution in [2.24, 2.45) is 0 Å². The van der Waals surface area contributed by atoms with Crippen LogP contribution in [0, 0.1) is 6.92 Å². The van der Waals surface area contributed by atoms with Crippen molar-refractivity contribution in [3.05, 3.63) is 47.3 Å². The largest absolute Gasteiger partial charge is 0.481 e. The summed E-state index contributed by atoms with van der Waals surface area (Å²) in [5.74, 6) is -0.500. The third-order valence-corrected chi connectivity index (χ3v) is 5.60. The van der Waals surface area contributed by atoms with E-state index in [9.17, 15) is 9.90 Å². The molecule has 5 heteroatoms. The maximum absolute atomic E-state index is 11.6. The van der Waals surface area contributed by atoms with Gasteiger partial charge in [-0.05, 0) is 37.3 Å². The van der Waals surface area contributed by atoms with E-state index in [4.69, 9.17) is 4.84 Å². The summed E-state index contributed by atoms with van der Waals surface area (Å²) in [5.41, 5.74) is 7.07. The number of aromatic nitrogens is 1. The number of benzene rings is 1. The average Bonchev–Trinajstić information content (AvgIpc) is 2.99. The number of allylic oxidation sites excluding steroid dienone is 1. The van der Waals surface area contributed by atoms with E-state index >= 15 is 0 Å². The summed E-state index contributed by atoms with van der Waals surface area (Å²) >= 11 is 0. The second kappa shape index (κ2) is 6.92. The van der Waals surface area contributed by atoms with Crippen LogP contribution in [-0.4, -0.2) is 23.2 Å². The lowest BCUT2D eigenvalue weighted by atomic mass is 9.66. The fourth-order valence-electron chi connectivity index (χ4n) is 4.25. The average molecular weight is 342 g/mol. The van der Waals surface area contributed by atoms with Gasteiger partial charge in [0.15, 0.2) is 0 Å². The first-order chi connectivity index (χ1) is 12.0. The molecule has 0 aliphatic heterocycles. The molecule has 3 rings (SSSR count). The van der Waals surface area contributed by atoms with Crippen molar-refractivity contribution in [1.29, 1.82) is 0 Å². The molecule has 3 N–H and O–H groups in total. The number of carbonyl (C=O) groups is 1. The lowest BCUT2D eigenvalue weighted by molar-refractivity contribution is -0.138. The zero-order chi connectivity index (χ0) is 18.0. The number of aryl methyl sites for hydroxylation is 1. The normalized spacial score (nSPS) is 23.1. The molecule has 0 radical (unpaired) electrons. The predicted molar refractivity (Wildman–Crippen MR) is 98.5 cm³/mol. The first-order valence-corrected chi connectivity index (χ1v) is 8.81. The summed E-state index contributed by atoms with van der Waals surface area (Å²) in [6.45, 7) is 4.18. The number of rotatable bonds is 6. The number of hydroxylamine groups is 1. The molecule has 0 amide bonds. The van der Waals surface area contributed by atoms with E-state index < -0.39 is 5.97 Å². The third kappa shape index (κ3) is 3.04. The standard InChI is InChI=1S/C20H26N2O3/c1-4-20(12-16(23)24)10-8-14(9-11-21-25-3)17-15-7-5-6-13(2)18(15)22-19(17)20/h5-7,9,11,14,21-22H,4,8,10,12H2,1-3H3,(H,23,24)/t14-,20+/m1/s1. The van der Waals surface area contributed by atoms with E-state index in [0.29, 0.717) is 0 Å². The molecule has 2 atom stereocenters. The third-order valence-electron chi connectivity index (χ3n) is 5.60. The van der Waals surface area contributed by atoms with Gasteiger partial charge in [0.25, 0.3) is 0 Å². The molecular formula is C20H26N2O3. The Kier molecular flexibility index (Phi) is 4.86. The minimum absolute atomic E-state index is 0.162. The minimum atomic E-state index is -0.738. The van der Waals surface area contributed by atoms with Gasteiger partial charge in [0, 0.05) is 34.1 Å². The van der Waals surface area contributed by atoms with Crippen molar-refractivity contribution < 1.29 is 14.7 Å². The number of hydrogen-bond acceptors (Lipinski definition) is 3. The van der Waals surface area contributed by atoms with Gasteiger partial charge in [0.05, 0.1) is 13.5 Å². The van der Waals surface area contributed by atoms with Crippen LogP contribution in [0.3, 0.4) is 0 Å². The summed E-state index contributed by atoms with van der Waals surface area (Å²) in [5, 5.41) is 10.7. The van der Waals surface area contributed by atoms with Crippen LogP contribution in [0.25, 0.3) is 10.9 Å². The highest BCUT2D eigenvalue weighted by Gasteiger charge is 2.42. The monoisotopic (exact) mass is 342 g/mol. The summed E-state index contributed by atoms with van der Waals surface area (Å²) in [6, 6.07) is 6.29. The molecule has 1 aromatic heterocycles. The lowest BCUT2D eigenvalue weighted by Crippen LogP contribution is -2.34. The van der Waals surface area contributed by atoms with Crippen molar-refractivity contribution in [1.82, 2.24) is 10.5 Å². The Morgan fingerprint density at radius 2 is 2.32 bits per heavy atom. The zero-order valence-corrected chi connectivity index (χ0v) is 15.1. The number of hydrogen-bond donors (Lipinski definition) is 3. The van der Waals surface area contributed by atoms with Crippen LogP contribution in [0.2, 0.25) is 0 Å². The summed E-state index contributed by atoms with van der Waals surface area (Å²) < 4.78 is 0. The molecule has 2 aromatic rings. The molecule has 5 nitrogen and oxygen atoms in total. The highest BCUT2D eigenvalue weighted by atomic mass is 16.6. The molecule has 0 saturated carbocycles. The molecule has 1 heterocycles. The predicted octanol–water partition coefficient (Wildman–Crippen LogP) is 4.14. The molecule has 1 aliphatic carbocycles. The summed E-state index contributed by atoms with van der Waals surface area (Å²) in [7, 11) is 1.58. The van der Waals surface area contributed by atoms with Gasteiger partial charge in [-0.2, -0.15) is 0 Å². The topological polar surface area (TPSA) is 74.3 Å². The number of carboxylic acids is 1. The molecular weight excluding hydrogens is 316 g/mol. The van der Waals surface area contributed by atoms with Crippen molar-refractivity contribution >= 4 is 16.9 Å². The smallest absolute Gasteiger partial charge is 0.304 e. The Morgan fingerprint density at radius 1 is 1.52 bits per heavy atom. The Bertz CT molecular complexity index is 809. The molecule has 0 bridgehead atoms. The van der Waals surface area contributed by atoms with E-state index in [0.717, 1.165) is 30.5 Å². The quantitative estimate of drug-likeness (QED) is 0.690. The summed E-state index contributed by atoms with van der Waals surface area (Å²) in [4.78, 5) is 20.1. The Hall–Kier alpha value is -2.27. The SMILES string of the molecule is CC[C@@]1(CC(=O)O)CC[C@H](C=CNOC)c2c1[nH]c1c(C)cccc21. The van der Waals surface area contributed by atoms with Gasteiger partial charge in [-0.15, -0.1) is 0 Å². The van der Waals surface area contributed by atoms with Gasteiger partial charge in [-0.3, -0.25) is 15.1 Å². The molecule has 0 unspecified atom stereocenters. The maximum Gasteiger partial charge on any atom is 0.304 e. The van der Waals surface area contributed by atoms with E-state index in [2.05, 4.69) is 48.6 Å². The molecule has 0 fully saturated rings. The number of para-hydroxylation sites is 1. The lowest BCUT2D eigenvalue weighted by Gasteiger charge is -2.38. The number of nitrogens with one attached hydrogen (secondary N) is 2. The molecule has 134 valence electrons. The van der Waals surface area contributed by atoms with Crippen LogP contribution >= 0.6 is 0 Å². The highest BCUT2D eigenvalue weighted by molar-refractivity contribution is 5.89. The van der Waals surface area contributed by atoms with Gasteiger partial charge in [-0.1, -0.05) is 31.2 Å². The second-order valence-corrected chi connectivity index (χ2v) is 6.94. The Morgan fingerprint density at radius 3 is 3.00 bits per heavy atom. The molecule has 25 heavy (non-hydrogen) atoms. The number of carboxylic acid groups (broad SMARTS) is 1. The van der Waals surface area contributed by atoms with Crippen molar-refractivity contribution in [3.8, 4) is 0 Å². The van der Waals surface area contributed by atoms with E-state index in [1.165, 1.54) is 16.5 Å². The van der Waals surface area contributed by atoms with Crippen LogP contribution < -0.4 is 5.48 Å². The maximum atomic E-state index is 11.6. The van der Waals surface area contributed by atoms with Gasteiger partial charge < -0.3 is 10.1 Å². The van der Waals surface area contributed by atoms with Crippen LogP contribution in [0.4, 0.5) is 0 Å². The fourth-order valence-corrected chi connectivity index (χ4v) is 4.25. The fraction of sp³-hybridized carbons (Fsp3) is 0.450. The number of H-pyrrole nitrogens is 1. The first-order valence-electron chi connectivity index (χ1n) is 8.81. The van der Waals surface area contributed by atoms with Gasteiger partial charge in [-0.25, -0.2) is 0 Å². The minimum Gasteiger partial charge on any atom is -0.481 e. The zero-order valence-electron chi connectivity index (χ0n) is 15.1. The Labute approximate surface area is 148 Å². The summed E-state index contributed by atoms with van der Waals surface area (Å²) in [6.07, 6.45) is 6.69. The van der Waals surface area contributed by atoms with E-state index in [1.54, 1.807) is 7.11 Å². The number of aromatic amines is 1. The first kappa shape index (κ1) is 17.5. The van der Waals surface area contributed by atoms with E-state index in [1.807, 2.05) is 6.20 Å². The number of aliphatic carboxylic acids is 1. The number of fused-ring (bicyclic) bond motifs is 3. The van der Waals surface area contributed by atoms with Gasteiger partial charge in [0.1, 0.15) is 0 Å². The van der Waals surface area contributed by atoms with Crippen LogP contribution in [-0.2, 0) is 15.0 Å². The second-order valence-electron chi connectivity index (χ2n) is 6.94. The highest BCUT2D eigenvalue weighted by Crippen LogP contribution is 2.49. The molecule has 0 spiro atoms. The van der Waals surface area contributed by atoms with Crippen molar-refractivity contribution in [2.45, 2.75) is 50.9 Å². The van der Waals surface area contributed by atoms with Crippen molar-refractivity contribution in [3.63, 3.8) is 0 Å². The molecule has 0 saturated heterocycles. The van der Waals surface area contributed by atoms with Crippen LogP contribution in [0.5, 0.6) is 0 Å².